The molecule has 0 bridgehead atoms. The van der Waals surface area contributed by atoms with Crippen LogP contribution in [0.5, 0.6) is 0 Å². The molecular formula is C12H23NO. The van der Waals surface area contributed by atoms with Gasteiger partial charge in [0.05, 0.1) is 0 Å². The van der Waals surface area contributed by atoms with Gasteiger partial charge in [-0.05, 0) is 24.2 Å². The predicted molar refractivity (Wildman–Crippen MR) is 59.1 cm³/mol. The third kappa shape index (κ3) is 2.73. The Morgan fingerprint density at radius 3 is 2.50 bits per heavy atom. The zero-order valence-corrected chi connectivity index (χ0v) is 9.97. The van der Waals surface area contributed by atoms with Crippen molar-refractivity contribution in [2.24, 2.45) is 11.3 Å². The quantitative estimate of drug-likeness (QED) is 0.666. The minimum Gasteiger partial charge on any atom is -0.342 e. The molecule has 1 aliphatic heterocycles. The highest BCUT2D eigenvalue weighted by Crippen LogP contribution is 2.33. The van der Waals surface area contributed by atoms with Gasteiger partial charge in [0.2, 0.25) is 5.91 Å². The van der Waals surface area contributed by atoms with Gasteiger partial charge >= 0.3 is 0 Å². The van der Waals surface area contributed by atoms with E-state index >= 15 is 0 Å². The molecule has 2 heteroatoms. The van der Waals surface area contributed by atoms with Gasteiger partial charge in [0.15, 0.2) is 0 Å². The second-order valence-electron chi connectivity index (χ2n) is 5.44. The van der Waals surface area contributed by atoms with Gasteiger partial charge in [0.25, 0.3) is 0 Å². The van der Waals surface area contributed by atoms with Gasteiger partial charge in [0, 0.05) is 19.5 Å². The Hall–Kier alpha value is -0.530. The summed E-state index contributed by atoms with van der Waals surface area (Å²) in [4.78, 5) is 13.7. The van der Waals surface area contributed by atoms with E-state index in [2.05, 4.69) is 27.7 Å². The van der Waals surface area contributed by atoms with Gasteiger partial charge in [-0.3, -0.25) is 4.79 Å². The maximum Gasteiger partial charge on any atom is 0.222 e. The number of hydrogen-bond acceptors (Lipinski definition) is 1. The molecule has 1 rings (SSSR count). The minimum absolute atomic E-state index is 0.347. The molecule has 1 saturated heterocycles. The molecular weight excluding hydrogens is 174 g/mol. The van der Waals surface area contributed by atoms with Gasteiger partial charge in [-0.25, -0.2) is 0 Å². The van der Waals surface area contributed by atoms with E-state index < -0.39 is 0 Å². The summed E-state index contributed by atoms with van der Waals surface area (Å²) in [6.07, 6.45) is 2.87. The molecule has 1 atom stereocenters. The summed E-state index contributed by atoms with van der Waals surface area (Å²) in [5.41, 5.74) is 0.348. The van der Waals surface area contributed by atoms with E-state index in [0.717, 1.165) is 25.9 Å². The van der Waals surface area contributed by atoms with Crippen molar-refractivity contribution in [3.05, 3.63) is 0 Å². The molecule has 14 heavy (non-hydrogen) atoms. The monoisotopic (exact) mass is 197 g/mol. The summed E-state index contributed by atoms with van der Waals surface area (Å²) in [6.45, 7) is 10.8. The highest BCUT2D eigenvalue weighted by Gasteiger charge is 2.33. The van der Waals surface area contributed by atoms with Crippen molar-refractivity contribution < 1.29 is 4.79 Å². The van der Waals surface area contributed by atoms with E-state index in [0.29, 0.717) is 17.2 Å². The zero-order valence-electron chi connectivity index (χ0n) is 9.97. The summed E-state index contributed by atoms with van der Waals surface area (Å²) < 4.78 is 0. The topological polar surface area (TPSA) is 20.3 Å². The summed E-state index contributed by atoms with van der Waals surface area (Å²) in [5.74, 6) is 1.03. The maximum atomic E-state index is 11.6. The average molecular weight is 197 g/mol. The molecule has 0 aliphatic carbocycles. The van der Waals surface area contributed by atoms with Crippen LogP contribution in [0.1, 0.15) is 47.0 Å². The predicted octanol–water partition coefficient (Wildman–Crippen LogP) is 2.68. The molecule has 0 aromatic carbocycles. The Bertz CT molecular complexity index is 205. The lowest BCUT2D eigenvalue weighted by molar-refractivity contribution is -0.130. The smallest absolute Gasteiger partial charge is 0.222 e. The number of hydrogen-bond donors (Lipinski definition) is 0. The Labute approximate surface area is 87.7 Å². The van der Waals surface area contributed by atoms with E-state index in [9.17, 15) is 4.79 Å². The van der Waals surface area contributed by atoms with Crippen LogP contribution in [0.25, 0.3) is 0 Å². The van der Waals surface area contributed by atoms with E-state index in [4.69, 9.17) is 0 Å². The fourth-order valence-electron chi connectivity index (χ4n) is 2.07. The maximum absolute atomic E-state index is 11.6. The lowest BCUT2D eigenvalue weighted by Crippen LogP contribution is -2.30. The largest absolute Gasteiger partial charge is 0.342 e. The van der Waals surface area contributed by atoms with Crippen LogP contribution in [0.3, 0.4) is 0 Å². The van der Waals surface area contributed by atoms with E-state index in [1.54, 1.807) is 0 Å². The van der Waals surface area contributed by atoms with E-state index in [1.807, 2.05) is 4.90 Å². The van der Waals surface area contributed by atoms with Crippen LogP contribution in [0, 0.1) is 11.3 Å². The zero-order chi connectivity index (χ0) is 10.8. The molecule has 1 fully saturated rings. The first-order valence-corrected chi connectivity index (χ1v) is 5.73. The van der Waals surface area contributed by atoms with Crippen LogP contribution >= 0.6 is 0 Å². The fraction of sp³-hybridized carbons (Fsp3) is 0.917. The number of likely N-dealkylation sites (tertiary alicyclic amines) is 1. The SMILES string of the molecule is CCCC(=O)N1CCC(C(C)(C)C)C1. The van der Waals surface area contributed by atoms with Gasteiger partial charge in [-0.2, -0.15) is 0 Å². The van der Waals surface area contributed by atoms with Crippen LogP contribution < -0.4 is 0 Å². The molecule has 0 aromatic heterocycles. The van der Waals surface area contributed by atoms with Gasteiger partial charge < -0.3 is 4.90 Å². The summed E-state index contributed by atoms with van der Waals surface area (Å²) in [5, 5.41) is 0. The van der Waals surface area contributed by atoms with E-state index in [-0.39, 0.29) is 0 Å². The lowest BCUT2D eigenvalue weighted by atomic mass is 9.80. The van der Waals surface area contributed by atoms with Crippen molar-refractivity contribution in [1.29, 1.82) is 0 Å². The molecule has 0 saturated carbocycles. The van der Waals surface area contributed by atoms with Crippen molar-refractivity contribution in [1.82, 2.24) is 4.90 Å². The van der Waals surface area contributed by atoms with Crippen LogP contribution in [0.2, 0.25) is 0 Å². The summed E-state index contributed by atoms with van der Waals surface area (Å²) >= 11 is 0. The molecule has 82 valence electrons. The van der Waals surface area contributed by atoms with Crippen molar-refractivity contribution in [2.45, 2.75) is 47.0 Å². The molecule has 1 heterocycles. The Morgan fingerprint density at radius 1 is 1.43 bits per heavy atom. The first-order valence-electron chi connectivity index (χ1n) is 5.73. The lowest BCUT2D eigenvalue weighted by Gasteiger charge is -2.26. The molecule has 1 aliphatic rings. The number of nitrogens with zero attached hydrogens (tertiary/aromatic N) is 1. The molecule has 0 N–H and O–H groups in total. The molecule has 0 spiro atoms. The van der Waals surface area contributed by atoms with Crippen LogP contribution in [0.4, 0.5) is 0 Å². The van der Waals surface area contributed by atoms with Crippen molar-refractivity contribution in [3.63, 3.8) is 0 Å². The van der Waals surface area contributed by atoms with Crippen LogP contribution in [-0.2, 0) is 4.79 Å². The van der Waals surface area contributed by atoms with Crippen molar-refractivity contribution in [2.75, 3.05) is 13.1 Å². The van der Waals surface area contributed by atoms with Crippen molar-refractivity contribution >= 4 is 5.91 Å². The first kappa shape index (κ1) is 11.5. The second kappa shape index (κ2) is 4.33. The molecule has 1 amide bonds. The van der Waals surface area contributed by atoms with E-state index in [1.165, 1.54) is 6.42 Å². The Balaban J connectivity index is 2.45. The molecule has 0 aromatic rings. The second-order valence-corrected chi connectivity index (χ2v) is 5.44. The number of carbonyl (C=O) groups excluding carboxylic acids is 1. The van der Waals surface area contributed by atoms with Crippen LogP contribution in [-0.4, -0.2) is 23.9 Å². The Kier molecular flexibility index (Phi) is 3.57. The average Bonchev–Trinajstić information content (AvgIpc) is 2.51. The molecule has 0 radical (unpaired) electrons. The number of rotatable bonds is 2. The summed E-state index contributed by atoms with van der Waals surface area (Å²) in [6, 6.07) is 0. The minimum atomic E-state index is 0.347. The number of carbonyl (C=O) groups is 1. The normalized spacial score (nSPS) is 22.9. The number of amides is 1. The standard InChI is InChI=1S/C12H23NO/c1-5-6-11(14)13-8-7-10(9-13)12(2,3)4/h10H,5-9H2,1-4H3. The highest BCUT2D eigenvalue weighted by molar-refractivity contribution is 5.76. The third-order valence-electron chi connectivity index (χ3n) is 3.23. The van der Waals surface area contributed by atoms with Crippen molar-refractivity contribution in [3.8, 4) is 0 Å². The van der Waals surface area contributed by atoms with Gasteiger partial charge in [-0.1, -0.05) is 27.7 Å². The van der Waals surface area contributed by atoms with Gasteiger partial charge in [0.1, 0.15) is 0 Å². The third-order valence-corrected chi connectivity index (χ3v) is 3.23. The summed E-state index contributed by atoms with van der Waals surface area (Å²) in [7, 11) is 0. The fourth-order valence-corrected chi connectivity index (χ4v) is 2.07. The highest BCUT2D eigenvalue weighted by atomic mass is 16.2. The molecule has 2 nitrogen and oxygen atoms in total. The van der Waals surface area contributed by atoms with Gasteiger partial charge in [-0.15, -0.1) is 0 Å². The first-order chi connectivity index (χ1) is 6.45. The molecule has 1 unspecified atom stereocenters. The Morgan fingerprint density at radius 2 is 2.07 bits per heavy atom. The van der Waals surface area contributed by atoms with Crippen LogP contribution in [0.15, 0.2) is 0 Å².